The SMILES string of the molecule is Cc1nc(SC(C)C(=O)NC2(C#N)CCCCC2)oc1C. The Labute approximate surface area is 129 Å². The Morgan fingerprint density at radius 2 is 2.10 bits per heavy atom. The number of nitrogens with zero attached hydrogens (tertiary/aromatic N) is 2. The molecule has 1 heterocycles. The predicted octanol–water partition coefficient (Wildman–Crippen LogP) is 3.11. The summed E-state index contributed by atoms with van der Waals surface area (Å²) in [6.07, 6.45) is 4.60. The molecule has 1 aliphatic rings. The van der Waals surface area contributed by atoms with Crippen LogP contribution in [-0.2, 0) is 4.79 Å². The van der Waals surface area contributed by atoms with Gasteiger partial charge in [0.2, 0.25) is 5.91 Å². The quantitative estimate of drug-likeness (QED) is 0.865. The third-order valence-electron chi connectivity index (χ3n) is 3.94. The molecule has 1 aliphatic carbocycles. The van der Waals surface area contributed by atoms with Gasteiger partial charge in [-0.15, -0.1) is 0 Å². The first-order chi connectivity index (χ1) is 9.96. The summed E-state index contributed by atoms with van der Waals surface area (Å²) in [5.74, 6) is 0.642. The van der Waals surface area contributed by atoms with Gasteiger partial charge in [-0.2, -0.15) is 5.26 Å². The van der Waals surface area contributed by atoms with Gasteiger partial charge < -0.3 is 9.73 Å². The number of nitriles is 1. The summed E-state index contributed by atoms with van der Waals surface area (Å²) in [6.45, 7) is 5.53. The molecule has 1 amide bonds. The van der Waals surface area contributed by atoms with E-state index in [4.69, 9.17) is 4.42 Å². The van der Waals surface area contributed by atoms with Crippen molar-refractivity contribution >= 4 is 17.7 Å². The average Bonchev–Trinajstić information content (AvgIpc) is 2.78. The summed E-state index contributed by atoms with van der Waals surface area (Å²) >= 11 is 1.29. The van der Waals surface area contributed by atoms with Crippen molar-refractivity contribution in [2.75, 3.05) is 0 Å². The zero-order valence-electron chi connectivity index (χ0n) is 12.7. The van der Waals surface area contributed by atoms with Crippen LogP contribution in [0.15, 0.2) is 9.64 Å². The minimum Gasteiger partial charge on any atom is -0.437 e. The maximum atomic E-state index is 12.3. The second-order valence-corrected chi connectivity index (χ2v) is 6.92. The van der Waals surface area contributed by atoms with Gasteiger partial charge in [-0.1, -0.05) is 31.0 Å². The van der Waals surface area contributed by atoms with Crippen LogP contribution in [0.1, 0.15) is 50.5 Å². The topological polar surface area (TPSA) is 78.9 Å². The molecule has 6 heteroatoms. The standard InChI is InChI=1S/C15H21N3O2S/c1-10-11(2)20-14(17-10)21-12(3)13(19)18-15(9-16)7-5-4-6-8-15/h12H,4-8H2,1-3H3,(H,18,19). The lowest BCUT2D eigenvalue weighted by atomic mass is 9.83. The Balaban J connectivity index is 1.97. The molecule has 1 N–H and O–H groups in total. The lowest BCUT2D eigenvalue weighted by Gasteiger charge is -2.32. The minimum atomic E-state index is -0.688. The predicted molar refractivity (Wildman–Crippen MR) is 80.9 cm³/mol. The fraction of sp³-hybridized carbons (Fsp3) is 0.667. The summed E-state index contributed by atoms with van der Waals surface area (Å²) in [5, 5.41) is 12.5. The van der Waals surface area contributed by atoms with Crippen LogP contribution in [0.5, 0.6) is 0 Å². The molecule has 1 saturated carbocycles. The first-order valence-corrected chi connectivity index (χ1v) is 8.18. The van der Waals surface area contributed by atoms with Gasteiger partial charge in [0, 0.05) is 0 Å². The van der Waals surface area contributed by atoms with Gasteiger partial charge in [-0.05, 0) is 33.6 Å². The molecule has 2 rings (SSSR count). The molecule has 114 valence electrons. The van der Waals surface area contributed by atoms with E-state index in [2.05, 4.69) is 16.4 Å². The third-order valence-corrected chi connectivity index (χ3v) is 4.88. The van der Waals surface area contributed by atoms with Crippen molar-refractivity contribution in [2.45, 2.75) is 68.9 Å². The van der Waals surface area contributed by atoms with Gasteiger partial charge in [0.25, 0.3) is 5.22 Å². The molecule has 21 heavy (non-hydrogen) atoms. The van der Waals surface area contributed by atoms with E-state index in [0.29, 0.717) is 5.22 Å². The highest BCUT2D eigenvalue weighted by Crippen LogP contribution is 2.29. The third kappa shape index (κ3) is 3.79. The van der Waals surface area contributed by atoms with Crippen LogP contribution in [-0.4, -0.2) is 21.7 Å². The Morgan fingerprint density at radius 3 is 2.62 bits per heavy atom. The number of carbonyl (C=O) groups is 1. The highest BCUT2D eigenvalue weighted by molar-refractivity contribution is 8.00. The number of hydrogen-bond donors (Lipinski definition) is 1. The van der Waals surface area contributed by atoms with Gasteiger partial charge >= 0.3 is 0 Å². The van der Waals surface area contributed by atoms with Gasteiger partial charge in [0.15, 0.2) is 0 Å². The van der Waals surface area contributed by atoms with Crippen LogP contribution in [0.2, 0.25) is 0 Å². The molecule has 1 aromatic rings. The molecule has 5 nitrogen and oxygen atoms in total. The summed E-state index contributed by atoms with van der Waals surface area (Å²) in [7, 11) is 0. The number of oxazole rings is 1. The van der Waals surface area contributed by atoms with E-state index in [9.17, 15) is 10.1 Å². The average molecular weight is 307 g/mol. The number of aromatic nitrogens is 1. The van der Waals surface area contributed by atoms with E-state index in [1.165, 1.54) is 11.8 Å². The Hall–Kier alpha value is -1.48. The molecular weight excluding hydrogens is 286 g/mol. The normalized spacial score (nSPS) is 18.8. The van der Waals surface area contributed by atoms with Gasteiger partial charge in [-0.3, -0.25) is 4.79 Å². The second-order valence-electron chi connectivity index (χ2n) is 5.63. The molecule has 1 fully saturated rings. The van der Waals surface area contributed by atoms with Crippen LogP contribution >= 0.6 is 11.8 Å². The van der Waals surface area contributed by atoms with Crippen molar-refractivity contribution in [3.63, 3.8) is 0 Å². The molecule has 0 aromatic carbocycles. The number of rotatable bonds is 4. The highest BCUT2D eigenvalue weighted by Gasteiger charge is 2.35. The zero-order valence-corrected chi connectivity index (χ0v) is 13.5. The number of hydrogen-bond acceptors (Lipinski definition) is 5. The van der Waals surface area contributed by atoms with Crippen molar-refractivity contribution in [3.05, 3.63) is 11.5 Å². The van der Waals surface area contributed by atoms with Crippen LogP contribution in [0.25, 0.3) is 0 Å². The minimum absolute atomic E-state index is 0.128. The van der Waals surface area contributed by atoms with Crippen molar-refractivity contribution < 1.29 is 9.21 Å². The molecule has 0 aliphatic heterocycles. The smallest absolute Gasteiger partial charge is 0.256 e. The maximum absolute atomic E-state index is 12.3. The summed E-state index contributed by atoms with van der Waals surface area (Å²) in [6, 6.07) is 2.30. The number of amides is 1. The molecule has 1 unspecified atom stereocenters. The lowest BCUT2D eigenvalue weighted by molar-refractivity contribution is -0.122. The van der Waals surface area contributed by atoms with Gasteiger partial charge in [0.05, 0.1) is 17.0 Å². The van der Waals surface area contributed by atoms with Crippen molar-refractivity contribution in [3.8, 4) is 6.07 Å². The number of aryl methyl sites for hydroxylation is 2. The van der Waals surface area contributed by atoms with Crippen LogP contribution in [0.3, 0.4) is 0 Å². The molecular formula is C15H21N3O2S. The molecule has 1 aromatic heterocycles. The van der Waals surface area contributed by atoms with Gasteiger partial charge in [0.1, 0.15) is 11.3 Å². The van der Waals surface area contributed by atoms with Crippen molar-refractivity contribution in [1.82, 2.24) is 10.3 Å². The zero-order chi connectivity index (χ0) is 15.5. The fourth-order valence-electron chi connectivity index (χ4n) is 2.46. The highest BCUT2D eigenvalue weighted by atomic mass is 32.2. The number of thioether (sulfide) groups is 1. The largest absolute Gasteiger partial charge is 0.437 e. The monoisotopic (exact) mass is 307 g/mol. The van der Waals surface area contributed by atoms with Crippen molar-refractivity contribution in [1.29, 1.82) is 5.26 Å². The first-order valence-electron chi connectivity index (χ1n) is 7.30. The molecule has 0 saturated heterocycles. The van der Waals surface area contributed by atoms with E-state index < -0.39 is 5.54 Å². The number of carbonyl (C=O) groups excluding carboxylic acids is 1. The number of nitrogens with one attached hydrogen (secondary N) is 1. The molecule has 0 spiro atoms. The van der Waals surface area contributed by atoms with Crippen molar-refractivity contribution in [2.24, 2.45) is 0 Å². The van der Waals surface area contributed by atoms with Crippen LogP contribution in [0.4, 0.5) is 0 Å². The second kappa shape index (κ2) is 6.52. The van der Waals surface area contributed by atoms with Crippen LogP contribution < -0.4 is 5.32 Å². The van der Waals surface area contributed by atoms with Gasteiger partial charge in [-0.25, -0.2) is 4.98 Å². The van der Waals surface area contributed by atoms with E-state index in [1.807, 2.05) is 20.8 Å². The molecule has 1 atom stereocenters. The molecule has 0 bridgehead atoms. The fourth-order valence-corrected chi connectivity index (χ4v) is 3.29. The maximum Gasteiger partial charge on any atom is 0.256 e. The first kappa shape index (κ1) is 15.9. The Bertz CT molecular complexity index is 536. The van der Waals surface area contributed by atoms with E-state index in [0.717, 1.165) is 43.6 Å². The summed E-state index contributed by atoms with van der Waals surface area (Å²) < 4.78 is 5.48. The van der Waals surface area contributed by atoms with E-state index >= 15 is 0 Å². The Morgan fingerprint density at radius 1 is 1.43 bits per heavy atom. The van der Waals surface area contributed by atoms with E-state index in [-0.39, 0.29) is 11.2 Å². The van der Waals surface area contributed by atoms with E-state index in [1.54, 1.807) is 0 Å². The summed E-state index contributed by atoms with van der Waals surface area (Å²) in [5.41, 5.74) is 0.151. The lowest BCUT2D eigenvalue weighted by Crippen LogP contribution is -2.50. The summed E-state index contributed by atoms with van der Waals surface area (Å²) in [4.78, 5) is 16.6. The molecule has 0 radical (unpaired) electrons. The van der Waals surface area contributed by atoms with Crippen LogP contribution in [0, 0.1) is 25.2 Å². The Kier molecular flexibility index (Phi) is 4.94.